The lowest BCUT2D eigenvalue weighted by molar-refractivity contribution is -0.117. The molecule has 180 valence electrons. The summed E-state index contributed by atoms with van der Waals surface area (Å²) in [7, 11) is 1.59. The van der Waals surface area contributed by atoms with Crippen molar-refractivity contribution in [1.82, 2.24) is 5.32 Å². The number of hydrogen-bond acceptors (Lipinski definition) is 5. The second-order valence-electron chi connectivity index (χ2n) is 7.38. The van der Waals surface area contributed by atoms with Gasteiger partial charge in [0.05, 0.1) is 17.3 Å². The highest BCUT2D eigenvalue weighted by atomic mass is 127. The number of nitrogens with zero attached hydrogens (tertiary/aromatic N) is 1. The largest absolute Gasteiger partial charge is 0.497 e. The molecule has 3 aromatic carbocycles. The normalized spacial score (nSPS) is 10.9. The van der Waals surface area contributed by atoms with E-state index >= 15 is 0 Å². The van der Waals surface area contributed by atoms with E-state index in [1.54, 1.807) is 43.5 Å². The number of carbonyl (C=O) groups excluding carboxylic acids is 1. The molecule has 1 amide bonds. The van der Waals surface area contributed by atoms with Gasteiger partial charge in [-0.05, 0) is 88.7 Å². The van der Waals surface area contributed by atoms with E-state index in [9.17, 15) is 14.4 Å². The van der Waals surface area contributed by atoms with Crippen molar-refractivity contribution >= 4 is 34.6 Å². The Morgan fingerprint density at radius 2 is 1.77 bits per heavy atom. The highest BCUT2D eigenvalue weighted by Crippen LogP contribution is 2.35. The minimum atomic E-state index is -0.479. The molecule has 0 saturated heterocycles. The van der Waals surface area contributed by atoms with Crippen LogP contribution in [-0.2, 0) is 17.9 Å². The van der Waals surface area contributed by atoms with Gasteiger partial charge in [-0.25, -0.2) is 4.39 Å². The average molecular weight is 586 g/mol. The predicted molar refractivity (Wildman–Crippen MR) is 139 cm³/mol. The van der Waals surface area contributed by atoms with Crippen LogP contribution in [0.4, 0.5) is 4.39 Å². The molecule has 0 aliphatic heterocycles. The zero-order valence-corrected chi connectivity index (χ0v) is 21.5. The Morgan fingerprint density at radius 1 is 1.09 bits per heavy atom. The number of rotatable bonds is 10. The Kier molecular flexibility index (Phi) is 9.49. The van der Waals surface area contributed by atoms with Crippen molar-refractivity contribution in [3.63, 3.8) is 0 Å². The van der Waals surface area contributed by atoms with Crippen LogP contribution in [0.15, 0.2) is 66.2 Å². The van der Waals surface area contributed by atoms with Crippen molar-refractivity contribution in [2.75, 3.05) is 13.7 Å². The minimum absolute atomic E-state index is 0.0308. The summed E-state index contributed by atoms with van der Waals surface area (Å²) >= 11 is 2.12. The number of amides is 1. The quantitative estimate of drug-likeness (QED) is 0.189. The molecule has 35 heavy (non-hydrogen) atoms. The van der Waals surface area contributed by atoms with Gasteiger partial charge in [-0.3, -0.25) is 4.79 Å². The van der Waals surface area contributed by atoms with Crippen LogP contribution in [0.5, 0.6) is 17.2 Å². The Labute approximate surface area is 217 Å². The molecule has 0 bridgehead atoms. The first-order valence-electron chi connectivity index (χ1n) is 10.8. The van der Waals surface area contributed by atoms with Crippen LogP contribution in [0, 0.1) is 20.7 Å². The van der Waals surface area contributed by atoms with Gasteiger partial charge in [-0.1, -0.05) is 24.3 Å². The summed E-state index contributed by atoms with van der Waals surface area (Å²) in [5, 5.41) is 12.3. The van der Waals surface area contributed by atoms with E-state index in [0.29, 0.717) is 23.7 Å². The van der Waals surface area contributed by atoms with Gasteiger partial charge in [0.15, 0.2) is 11.5 Å². The summed E-state index contributed by atoms with van der Waals surface area (Å²) in [5.74, 6) is 0.964. The molecule has 0 saturated carbocycles. The van der Waals surface area contributed by atoms with E-state index in [0.717, 1.165) is 20.4 Å². The van der Waals surface area contributed by atoms with Crippen molar-refractivity contribution in [1.29, 1.82) is 5.26 Å². The summed E-state index contributed by atoms with van der Waals surface area (Å²) in [5.41, 5.74) is 2.29. The summed E-state index contributed by atoms with van der Waals surface area (Å²) in [4.78, 5) is 12.6. The Balaban J connectivity index is 1.75. The molecular formula is C27H24FIN2O4. The lowest BCUT2D eigenvalue weighted by Crippen LogP contribution is -2.23. The summed E-state index contributed by atoms with van der Waals surface area (Å²) in [6, 6.07) is 18.9. The van der Waals surface area contributed by atoms with Gasteiger partial charge >= 0.3 is 0 Å². The van der Waals surface area contributed by atoms with Gasteiger partial charge in [-0.15, -0.1) is 0 Å². The van der Waals surface area contributed by atoms with Gasteiger partial charge in [0.1, 0.15) is 29.8 Å². The molecule has 0 heterocycles. The Bertz CT molecular complexity index is 1240. The SMILES string of the molecule is CCOc1cc(/C=C(/C#N)C(=O)NCc2ccc(OC)cc2)cc(I)c1OCc1ccc(F)cc1. The van der Waals surface area contributed by atoms with Gasteiger partial charge < -0.3 is 19.5 Å². The van der Waals surface area contributed by atoms with Crippen LogP contribution in [0.2, 0.25) is 0 Å². The smallest absolute Gasteiger partial charge is 0.262 e. The molecule has 0 aliphatic carbocycles. The van der Waals surface area contributed by atoms with Gasteiger partial charge in [0.2, 0.25) is 0 Å². The zero-order chi connectivity index (χ0) is 25.2. The number of nitrogens with one attached hydrogen (secondary N) is 1. The first-order valence-corrected chi connectivity index (χ1v) is 11.9. The average Bonchev–Trinajstić information content (AvgIpc) is 2.87. The second-order valence-corrected chi connectivity index (χ2v) is 8.54. The topological polar surface area (TPSA) is 80.6 Å². The van der Waals surface area contributed by atoms with Crippen LogP contribution in [0.3, 0.4) is 0 Å². The number of hydrogen-bond donors (Lipinski definition) is 1. The maximum atomic E-state index is 13.2. The van der Waals surface area contributed by atoms with Crippen molar-refractivity contribution in [2.24, 2.45) is 0 Å². The Morgan fingerprint density at radius 3 is 2.40 bits per heavy atom. The molecule has 0 spiro atoms. The van der Waals surface area contributed by atoms with Crippen LogP contribution in [0.1, 0.15) is 23.6 Å². The Hall–Kier alpha value is -3.58. The molecule has 0 aliphatic rings. The number of ether oxygens (including phenoxy) is 3. The summed E-state index contributed by atoms with van der Waals surface area (Å²) < 4.78 is 30.7. The van der Waals surface area contributed by atoms with E-state index in [-0.39, 0.29) is 24.5 Å². The first-order chi connectivity index (χ1) is 16.9. The summed E-state index contributed by atoms with van der Waals surface area (Å²) in [6.07, 6.45) is 1.51. The molecule has 0 atom stereocenters. The zero-order valence-electron chi connectivity index (χ0n) is 19.3. The molecule has 0 aromatic heterocycles. The molecule has 3 aromatic rings. The van der Waals surface area contributed by atoms with Crippen LogP contribution >= 0.6 is 22.6 Å². The molecule has 0 unspecified atom stereocenters. The number of halogens is 2. The maximum absolute atomic E-state index is 13.2. The first kappa shape index (κ1) is 26.0. The third-order valence-corrected chi connectivity index (χ3v) is 5.72. The fraction of sp³-hybridized carbons (Fsp3) is 0.185. The van der Waals surface area contributed by atoms with Crippen LogP contribution in [-0.4, -0.2) is 19.6 Å². The van der Waals surface area contributed by atoms with Crippen molar-refractivity contribution < 1.29 is 23.4 Å². The maximum Gasteiger partial charge on any atom is 0.262 e. The van der Waals surface area contributed by atoms with E-state index < -0.39 is 5.91 Å². The lowest BCUT2D eigenvalue weighted by Gasteiger charge is -2.15. The van der Waals surface area contributed by atoms with Gasteiger partial charge in [0, 0.05) is 6.54 Å². The highest BCUT2D eigenvalue weighted by molar-refractivity contribution is 14.1. The number of methoxy groups -OCH3 is 1. The predicted octanol–water partition coefficient (Wildman–Crippen LogP) is 5.64. The third-order valence-electron chi connectivity index (χ3n) is 4.92. The van der Waals surface area contributed by atoms with E-state index in [1.807, 2.05) is 25.1 Å². The molecule has 0 radical (unpaired) electrons. The molecule has 0 fully saturated rings. The minimum Gasteiger partial charge on any atom is -0.497 e. The lowest BCUT2D eigenvalue weighted by atomic mass is 10.1. The number of nitriles is 1. The summed E-state index contributed by atoms with van der Waals surface area (Å²) in [6.45, 7) is 2.78. The van der Waals surface area contributed by atoms with Gasteiger partial charge in [-0.2, -0.15) is 5.26 Å². The molecule has 8 heteroatoms. The van der Waals surface area contributed by atoms with Gasteiger partial charge in [0.25, 0.3) is 5.91 Å². The molecule has 3 rings (SSSR count). The molecule has 1 N–H and O–H groups in total. The molecular weight excluding hydrogens is 562 g/mol. The van der Waals surface area contributed by atoms with Crippen molar-refractivity contribution in [3.8, 4) is 23.3 Å². The fourth-order valence-corrected chi connectivity index (χ4v) is 3.93. The fourth-order valence-electron chi connectivity index (χ4n) is 3.15. The van der Waals surface area contributed by atoms with Crippen molar-refractivity contribution in [2.45, 2.75) is 20.1 Å². The van der Waals surface area contributed by atoms with E-state index in [1.165, 1.54) is 18.2 Å². The highest BCUT2D eigenvalue weighted by Gasteiger charge is 2.15. The second kappa shape index (κ2) is 12.8. The van der Waals surface area contributed by atoms with Crippen molar-refractivity contribution in [3.05, 3.63) is 92.3 Å². The monoisotopic (exact) mass is 586 g/mol. The standard InChI is InChI=1S/C27H24FIN2O4/c1-3-34-25-14-20(13-24(29)26(25)35-17-19-4-8-22(28)9-5-19)12-21(15-30)27(32)31-16-18-6-10-23(33-2)11-7-18/h4-14H,3,16-17H2,1-2H3,(H,31,32)/b21-12-. The van der Waals surface area contributed by atoms with Crippen LogP contribution < -0.4 is 19.5 Å². The van der Waals surface area contributed by atoms with E-state index in [2.05, 4.69) is 27.9 Å². The third kappa shape index (κ3) is 7.45. The van der Waals surface area contributed by atoms with Crippen LogP contribution in [0.25, 0.3) is 6.08 Å². The molecule has 6 nitrogen and oxygen atoms in total. The van der Waals surface area contributed by atoms with E-state index in [4.69, 9.17) is 14.2 Å². The number of benzene rings is 3. The number of carbonyl (C=O) groups is 1.